The number of rotatable bonds is 8. The molecule has 1 atom stereocenters. The molecule has 1 unspecified atom stereocenters. The SMILES string of the molecule is CNC(=O)C(CC(=O)OCc1ccccc1)n1ccc(-c2ccc(-c3ccncc3)cc2)c1. The second-order valence-corrected chi connectivity index (χ2v) is 7.64. The van der Waals surface area contributed by atoms with Crippen molar-refractivity contribution in [3.63, 3.8) is 0 Å². The molecule has 1 amide bonds. The van der Waals surface area contributed by atoms with E-state index in [2.05, 4.69) is 22.4 Å². The highest BCUT2D eigenvalue weighted by Gasteiger charge is 2.23. The number of amides is 1. The maximum atomic E-state index is 12.5. The number of pyridine rings is 1. The van der Waals surface area contributed by atoms with E-state index in [1.165, 1.54) is 0 Å². The molecule has 2 aromatic heterocycles. The van der Waals surface area contributed by atoms with Crippen LogP contribution in [0.4, 0.5) is 0 Å². The molecule has 4 aromatic rings. The van der Waals surface area contributed by atoms with Crippen LogP contribution in [0.3, 0.4) is 0 Å². The van der Waals surface area contributed by atoms with Crippen LogP contribution >= 0.6 is 0 Å². The van der Waals surface area contributed by atoms with Crippen molar-refractivity contribution in [1.82, 2.24) is 14.9 Å². The van der Waals surface area contributed by atoms with Crippen molar-refractivity contribution in [2.24, 2.45) is 0 Å². The van der Waals surface area contributed by atoms with Gasteiger partial charge in [0.15, 0.2) is 0 Å². The van der Waals surface area contributed by atoms with Gasteiger partial charge in [0.25, 0.3) is 0 Å². The van der Waals surface area contributed by atoms with E-state index in [1.807, 2.05) is 73.1 Å². The van der Waals surface area contributed by atoms with Crippen LogP contribution in [0.1, 0.15) is 18.0 Å². The predicted molar refractivity (Wildman–Crippen MR) is 127 cm³/mol. The lowest BCUT2D eigenvalue weighted by Gasteiger charge is -2.17. The summed E-state index contributed by atoms with van der Waals surface area (Å²) in [7, 11) is 1.56. The van der Waals surface area contributed by atoms with Gasteiger partial charge in [-0.05, 0) is 46.0 Å². The molecule has 2 heterocycles. The van der Waals surface area contributed by atoms with Gasteiger partial charge in [-0.3, -0.25) is 14.6 Å². The fraction of sp³-hybridized carbons (Fsp3) is 0.148. The molecule has 0 fully saturated rings. The quantitative estimate of drug-likeness (QED) is 0.406. The van der Waals surface area contributed by atoms with Crippen molar-refractivity contribution in [3.05, 3.63) is 103 Å². The molecule has 4 rings (SSSR count). The fourth-order valence-electron chi connectivity index (χ4n) is 3.63. The summed E-state index contributed by atoms with van der Waals surface area (Å²) in [5.41, 5.74) is 5.09. The molecule has 166 valence electrons. The fourth-order valence-corrected chi connectivity index (χ4v) is 3.63. The first-order valence-electron chi connectivity index (χ1n) is 10.7. The number of esters is 1. The summed E-state index contributed by atoms with van der Waals surface area (Å²) in [6.45, 7) is 0.181. The first-order chi connectivity index (χ1) is 16.1. The van der Waals surface area contributed by atoms with Gasteiger partial charge in [0, 0.05) is 31.8 Å². The van der Waals surface area contributed by atoms with Gasteiger partial charge >= 0.3 is 5.97 Å². The van der Waals surface area contributed by atoms with Crippen LogP contribution in [0.15, 0.2) is 97.6 Å². The van der Waals surface area contributed by atoms with Crippen LogP contribution in [0.25, 0.3) is 22.3 Å². The number of nitrogens with one attached hydrogen (secondary N) is 1. The Morgan fingerprint density at radius 1 is 0.879 bits per heavy atom. The van der Waals surface area contributed by atoms with E-state index in [1.54, 1.807) is 24.0 Å². The lowest BCUT2D eigenvalue weighted by Crippen LogP contribution is -2.31. The van der Waals surface area contributed by atoms with E-state index in [0.717, 1.165) is 27.8 Å². The van der Waals surface area contributed by atoms with E-state index >= 15 is 0 Å². The van der Waals surface area contributed by atoms with E-state index in [4.69, 9.17) is 4.74 Å². The lowest BCUT2D eigenvalue weighted by molar-refractivity contribution is -0.147. The molecule has 2 aromatic carbocycles. The van der Waals surface area contributed by atoms with Crippen molar-refractivity contribution in [3.8, 4) is 22.3 Å². The van der Waals surface area contributed by atoms with Gasteiger partial charge in [-0.15, -0.1) is 0 Å². The molecule has 0 radical (unpaired) electrons. The number of likely N-dealkylation sites (N-methyl/N-ethyl adjacent to an activating group) is 1. The average molecular weight is 440 g/mol. The summed E-state index contributed by atoms with van der Waals surface area (Å²) < 4.78 is 7.14. The summed E-state index contributed by atoms with van der Waals surface area (Å²) in [6, 6.07) is 22.8. The minimum Gasteiger partial charge on any atom is -0.461 e. The van der Waals surface area contributed by atoms with Gasteiger partial charge in [0.2, 0.25) is 5.91 Å². The third-order valence-electron chi connectivity index (χ3n) is 5.46. The monoisotopic (exact) mass is 439 g/mol. The lowest BCUT2D eigenvalue weighted by atomic mass is 10.0. The van der Waals surface area contributed by atoms with E-state index in [-0.39, 0.29) is 18.9 Å². The van der Waals surface area contributed by atoms with Gasteiger partial charge in [0.1, 0.15) is 12.6 Å². The average Bonchev–Trinajstić information content (AvgIpc) is 3.37. The van der Waals surface area contributed by atoms with Crippen LogP contribution < -0.4 is 5.32 Å². The summed E-state index contributed by atoms with van der Waals surface area (Å²) in [5.74, 6) is -0.675. The third-order valence-corrected chi connectivity index (χ3v) is 5.46. The summed E-state index contributed by atoms with van der Waals surface area (Å²) in [4.78, 5) is 29.0. The number of aromatic nitrogens is 2. The molecular formula is C27H25N3O3. The number of ether oxygens (including phenoxy) is 1. The first-order valence-corrected chi connectivity index (χ1v) is 10.7. The van der Waals surface area contributed by atoms with Crippen molar-refractivity contribution in [2.45, 2.75) is 19.1 Å². The minimum absolute atomic E-state index is 0.0540. The molecule has 0 saturated carbocycles. The Kier molecular flexibility index (Phi) is 6.95. The Hall–Kier alpha value is -4.19. The molecule has 0 saturated heterocycles. The Morgan fingerprint density at radius 2 is 1.52 bits per heavy atom. The van der Waals surface area contributed by atoms with Crippen LogP contribution in [0.2, 0.25) is 0 Å². The highest BCUT2D eigenvalue weighted by molar-refractivity contribution is 5.85. The molecule has 0 bridgehead atoms. The Balaban J connectivity index is 1.46. The number of hydrogen-bond acceptors (Lipinski definition) is 4. The molecule has 0 aliphatic rings. The standard InChI is InChI=1S/C27H25N3O3/c1-28-27(32)25(17-26(31)33-19-20-5-3-2-4-6-20)30-16-13-24(18-30)22-9-7-21(8-10-22)23-11-14-29-15-12-23/h2-16,18,25H,17,19H2,1H3,(H,28,32). The summed E-state index contributed by atoms with van der Waals surface area (Å²) in [6.07, 6.45) is 7.18. The van der Waals surface area contributed by atoms with Crippen LogP contribution in [0.5, 0.6) is 0 Å². The zero-order valence-electron chi connectivity index (χ0n) is 18.3. The Labute approximate surface area is 192 Å². The third kappa shape index (κ3) is 5.54. The maximum absolute atomic E-state index is 12.5. The van der Waals surface area contributed by atoms with Gasteiger partial charge in [-0.1, -0.05) is 54.6 Å². The largest absolute Gasteiger partial charge is 0.461 e. The molecule has 0 aliphatic heterocycles. The Morgan fingerprint density at radius 3 is 2.18 bits per heavy atom. The number of carbonyl (C=O) groups excluding carboxylic acids is 2. The van der Waals surface area contributed by atoms with Crippen molar-refractivity contribution in [1.29, 1.82) is 0 Å². The number of benzene rings is 2. The van der Waals surface area contributed by atoms with Gasteiger partial charge in [-0.2, -0.15) is 0 Å². The summed E-state index contributed by atoms with van der Waals surface area (Å²) in [5, 5.41) is 2.64. The van der Waals surface area contributed by atoms with Crippen LogP contribution in [-0.2, 0) is 20.9 Å². The number of hydrogen-bond donors (Lipinski definition) is 1. The van der Waals surface area contributed by atoms with Gasteiger partial charge in [-0.25, -0.2) is 0 Å². The molecule has 0 aliphatic carbocycles. The van der Waals surface area contributed by atoms with Crippen molar-refractivity contribution < 1.29 is 14.3 Å². The predicted octanol–water partition coefficient (Wildman–Crippen LogP) is 4.64. The van der Waals surface area contributed by atoms with E-state index in [0.29, 0.717) is 0 Å². The molecule has 6 nitrogen and oxygen atoms in total. The molecule has 0 spiro atoms. The zero-order chi connectivity index (χ0) is 23.0. The van der Waals surface area contributed by atoms with E-state index < -0.39 is 12.0 Å². The van der Waals surface area contributed by atoms with E-state index in [9.17, 15) is 9.59 Å². The normalized spacial score (nSPS) is 11.5. The minimum atomic E-state index is -0.692. The number of carbonyl (C=O) groups is 2. The smallest absolute Gasteiger partial charge is 0.308 e. The highest BCUT2D eigenvalue weighted by Crippen LogP contribution is 2.26. The maximum Gasteiger partial charge on any atom is 0.308 e. The molecule has 6 heteroatoms. The van der Waals surface area contributed by atoms with Gasteiger partial charge < -0.3 is 14.6 Å². The van der Waals surface area contributed by atoms with Crippen molar-refractivity contribution in [2.75, 3.05) is 7.05 Å². The topological polar surface area (TPSA) is 73.2 Å². The number of nitrogens with zero attached hydrogens (tertiary/aromatic N) is 2. The van der Waals surface area contributed by atoms with Crippen LogP contribution in [0, 0.1) is 0 Å². The molecule has 1 N–H and O–H groups in total. The van der Waals surface area contributed by atoms with Crippen LogP contribution in [-0.4, -0.2) is 28.5 Å². The molecular weight excluding hydrogens is 414 g/mol. The Bertz CT molecular complexity index is 1200. The first kappa shape index (κ1) is 22.0. The van der Waals surface area contributed by atoms with Crippen molar-refractivity contribution >= 4 is 11.9 Å². The highest BCUT2D eigenvalue weighted by atomic mass is 16.5. The zero-order valence-corrected chi connectivity index (χ0v) is 18.3. The summed E-state index contributed by atoms with van der Waals surface area (Å²) >= 11 is 0. The van der Waals surface area contributed by atoms with Gasteiger partial charge in [0.05, 0.1) is 6.42 Å². The second-order valence-electron chi connectivity index (χ2n) is 7.64. The second kappa shape index (κ2) is 10.4. The molecule has 33 heavy (non-hydrogen) atoms.